The molecular weight excluding hydrogens is 362 g/mol. The van der Waals surface area contributed by atoms with Crippen molar-refractivity contribution in [3.63, 3.8) is 0 Å². The van der Waals surface area contributed by atoms with Gasteiger partial charge in [-0.25, -0.2) is 4.98 Å². The van der Waals surface area contributed by atoms with E-state index in [9.17, 15) is 4.79 Å². The van der Waals surface area contributed by atoms with Crippen LogP contribution in [0, 0.1) is 0 Å². The van der Waals surface area contributed by atoms with Crippen LogP contribution in [0.3, 0.4) is 0 Å². The highest BCUT2D eigenvalue weighted by molar-refractivity contribution is 9.11. The van der Waals surface area contributed by atoms with E-state index in [4.69, 9.17) is 5.73 Å². The third kappa shape index (κ3) is 3.23. The van der Waals surface area contributed by atoms with Crippen molar-refractivity contribution < 1.29 is 4.79 Å². The lowest BCUT2D eigenvalue weighted by atomic mass is 10.2. The number of hydrogen-bond acceptors (Lipinski definition) is 3. The number of carbonyl (C=O) groups excluding carboxylic acids is 1. The molecule has 0 unspecified atom stereocenters. The van der Waals surface area contributed by atoms with E-state index in [1.165, 1.54) is 12.8 Å². The molecule has 0 saturated heterocycles. The van der Waals surface area contributed by atoms with E-state index in [1.807, 2.05) is 11.0 Å². The molecule has 2 rings (SSSR count). The fourth-order valence-electron chi connectivity index (χ4n) is 2.38. The monoisotopic (exact) mass is 375 g/mol. The predicted molar refractivity (Wildman–Crippen MR) is 78.4 cm³/mol. The highest BCUT2D eigenvalue weighted by Gasteiger charge is 2.26. The molecule has 0 bridgehead atoms. The zero-order chi connectivity index (χ0) is 13.1. The second-order valence-corrected chi connectivity index (χ2v) is 6.26. The molecule has 6 heteroatoms. The standard InChI is InChI=1S/C12H15Br2N3O/c13-8-5-10(14)12(16-6-8)17(7-11(15)18)9-3-1-2-4-9/h5-6,9H,1-4,7H2,(H2,15,18). The van der Waals surface area contributed by atoms with Gasteiger partial charge in [-0.15, -0.1) is 0 Å². The van der Waals surface area contributed by atoms with Gasteiger partial charge in [0.15, 0.2) is 0 Å². The normalized spacial score (nSPS) is 15.9. The molecule has 1 amide bonds. The average Bonchev–Trinajstić information content (AvgIpc) is 2.79. The van der Waals surface area contributed by atoms with Crippen LogP contribution < -0.4 is 10.6 Å². The number of nitrogens with two attached hydrogens (primary N) is 1. The Morgan fingerprint density at radius 3 is 2.67 bits per heavy atom. The first-order valence-electron chi connectivity index (χ1n) is 5.94. The van der Waals surface area contributed by atoms with Crippen molar-refractivity contribution >= 4 is 43.6 Å². The van der Waals surface area contributed by atoms with Crippen LogP contribution in [-0.4, -0.2) is 23.5 Å². The van der Waals surface area contributed by atoms with Gasteiger partial charge in [0.25, 0.3) is 0 Å². The van der Waals surface area contributed by atoms with Crippen LogP contribution in [0.5, 0.6) is 0 Å². The Balaban J connectivity index is 2.29. The summed E-state index contributed by atoms with van der Waals surface area (Å²) in [5.41, 5.74) is 5.35. The van der Waals surface area contributed by atoms with Crippen LogP contribution in [0.1, 0.15) is 25.7 Å². The van der Waals surface area contributed by atoms with Crippen LogP contribution in [0.2, 0.25) is 0 Å². The van der Waals surface area contributed by atoms with Crippen molar-refractivity contribution in [1.82, 2.24) is 4.98 Å². The summed E-state index contributed by atoms with van der Waals surface area (Å²) in [5.74, 6) is 0.474. The lowest BCUT2D eigenvalue weighted by molar-refractivity contribution is -0.116. The number of anilines is 1. The van der Waals surface area contributed by atoms with Crippen molar-refractivity contribution in [1.29, 1.82) is 0 Å². The van der Waals surface area contributed by atoms with Gasteiger partial charge in [0.1, 0.15) is 5.82 Å². The maximum atomic E-state index is 11.2. The molecule has 0 aromatic carbocycles. The van der Waals surface area contributed by atoms with E-state index in [1.54, 1.807) is 6.20 Å². The number of amides is 1. The highest BCUT2D eigenvalue weighted by atomic mass is 79.9. The van der Waals surface area contributed by atoms with Gasteiger partial charge in [-0.3, -0.25) is 4.79 Å². The van der Waals surface area contributed by atoms with Gasteiger partial charge in [-0.05, 0) is 50.8 Å². The van der Waals surface area contributed by atoms with E-state index in [-0.39, 0.29) is 12.5 Å². The summed E-state index contributed by atoms with van der Waals surface area (Å²) in [6.07, 6.45) is 6.33. The first-order valence-corrected chi connectivity index (χ1v) is 7.52. The number of pyridine rings is 1. The summed E-state index contributed by atoms with van der Waals surface area (Å²) >= 11 is 6.88. The fourth-order valence-corrected chi connectivity index (χ4v) is 3.59. The molecule has 1 aliphatic rings. The number of rotatable bonds is 4. The molecule has 1 heterocycles. The van der Waals surface area contributed by atoms with Crippen LogP contribution >= 0.6 is 31.9 Å². The van der Waals surface area contributed by atoms with Gasteiger partial charge in [0.05, 0.1) is 11.0 Å². The first-order chi connectivity index (χ1) is 8.58. The van der Waals surface area contributed by atoms with Crippen LogP contribution in [0.15, 0.2) is 21.2 Å². The second kappa shape index (κ2) is 6.02. The molecule has 1 saturated carbocycles. The summed E-state index contributed by atoms with van der Waals surface area (Å²) in [4.78, 5) is 17.7. The largest absolute Gasteiger partial charge is 0.368 e. The lowest BCUT2D eigenvalue weighted by Gasteiger charge is -2.29. The lowest BCUT2D eigenvalue weighted by Crippen LogP contribution is -2.40. The van der Waals surface area contributed by atoms with Crippen molar-refractivity contribution in [3.8, 4) is 0 Å². The smallest absolute Gasteiger partial charge is 0.237 e. The molecule has 0 atom stereocenters. The number of nitrogens with zero attached hydrogens (tertiary/aromatic N) is 2. The number of carbonyl (C=O) groups is 1. The van der Waals surface area contributed by atoms with E-state index in [0.29, 0.717) is 6.04 Å². The Hall–Kier alpha value is -0.620. The van der Waals surface area contributed by atoms with Crippen LogP contribution in [0.4, 0.5) is 5.82 Å². The van der Waals surface area contributed by atoms with E-state index in [2.05, 4.69) is 36.8 Å². The summed E-state index contributed by atoms with van der Waals surface area (Å²) in [5, 5.41) is 0. The second-order valence-electron chi connectivity index (χ2n) is 4.49. The number of halogens is 2. The molecule has 0 aliphatic heterocycles. The van der Waals surface area contributed by atoms with Crippen LogP contribution in [-0.2, 0) is 4.79 Å². The van der Waals surface area contributed by atoms with Crippen molar-refractivity contribution in [2.75, 3.05) is 11.4 Å². The van der Waals surface area contributed by atoms with Gasteiger partial charge >= 0.3 is 0 Å². The Labute approximate surface area is 123 Å². The van der Waals surface area contributed by atoms with Gasteiger partial charge < -0.3 is 10.6 Å². The van der Waals surface area contributed by atoms with Crippen LogP contribution in [0.25, 0.3) is 0 Å². The van der Waals surface area contributed by atoms with E-state index < -0.39 is 0 Å². The average molecular weight is 377 g/mol. The third-order valence-corrected chi connectivity index (χ3v) is 4.17. The summed E-state index contributed by atoms with van der Waals surface area (Å²) in [6.45, 7) is 0.220. The van der Waals surface area contributed by atoms with E-state index in [0.717, 1.165) is 27.6 Å². The molecule has 1 aromatic rings. The minimum Gasteiger partial charge on any atom is -0.368 e. The zero-order valence-corrected chi connectivity index (χ0v) is 13.1. The van der Waals surface area contributed by atoms with Gasteiger partial charge in [-0.1, -0.05) is 12.8 Å². The fraction of sp³-hybridized carbons (Fsp3) is 0.500. The van der Waals surface area contributed by atoms with Gasteiger partial charge in [-0.2, -0.15) is 0 Å². The molecule has 1 fully saturated rings. The Morgan fingerprint density at radius 2 is 2.11 bits per heavy atom. The molecule has 0 radical (unpaired) electrons. The SMILES string of the molecule is NC(=O)CN(c1ncc(Br)cc1Br)C1CCCC1. The summed E-state index contributed by atoms with van der Waals surface area (Å²) < 4.78 is 1.79. The summed E-state index contributed by atoms with van der Waals surface area (Å²) in [7, 11) is 0. The third-order valence-electron chi connectivity index (χ3n) is 3.15. The molecule has 1 aromatic heterocycles. The number of aromatic nitrogens is 1. The quantitative estimate of drug-likeness (QED) is 0.878. The van der Waals surface area contributed by atoms with Crippen molar-refractivity contribution in [2.45, 2.75) is 31.7 Å². The molecule has 2 N–H and O–H groups in total. The van der Waals surface area contributed by atoms with E-state index >= 15 is 0 Å². The molecule has 18 heavy (non-hydrogen) atoms. The number of hydrogen-bond donors (Lipinski definition) is 1. The molecular formula is C12H15Br2N3O. The van der Waals surface area contributed by atoms with Crippen molar-refractivity contribution in [3.05, 3.63) is 21.2 Å². The predicted octanol–water partition coefficient (Wildman–Crippen LogP) is 2.84. The Morgan fingerprint density at radius 1 is 1.44 bits per heavy atom. The van der Waals surface area contributed by atoms with Gasteiger partial charge in [0, 0.05) is 16.7 Å². The number of primary amides is 1. The minimum absolute atomic E-state index is 0.220. The highest BCUT2D eigenvalue weighted by Crippen LogP contribution is 2.32. The molecule has 4 nitrogen and oxygen atoms in total. The molecule has 0 spiro atoms. The zero-order valence-electron chi connectivity index (χ0n) is 9.90. The van der Waals surface area contributed by atoms with Gasteiger partial charge in [0.2, 0.25) is 5.91 Å². The molecule has 1 aliphatic carbocycles. The van der Waals surface area contributed by atoms with Crippen molar-refractivity contribution in [2.24, 2.45) is 5.73 Å². The minimum atomic E-state index is -0.321. The summed E-state index contributed by atoms with van der Waals surface area (Å²) in [6, 6.07) is 2.30. The topological polar surface area (TPSA) is 59.2 Å². The maximum Gasteiger partial charge on any atom is 0.237 e. The molecule has 98 valence electrons. The Bertz CT molecular complexity index is 447. The Kier molecular flexibility index (Phi) is 4.61. The first kappa shape index (κ1) is 13.8. The maximum absolute atomic E-state index is 11.2.